The van der Waals surface area contributed by atoms with Crippen LogP contribution >= 0.6 is 0 Å². The van der Waals surface area contributed by atoms with Gasteiger partial charge in [-0.2, -0.15) is 9.97 Å². The first kappa shape index (κ1) is 85.7. The molecule has 2 aromatic heterocycles. The molecule has 18 atom stereocenters. The molecule has 4 fully saturated rings. The lowest BCUT2D eigenvalue weighted by atomic mass is 9.81. The van der Waals surface area contributed by atoms with Gasteiger partial charge in [-0.15, -0.1) is 4.91 Å². The van der Waals surface area contributed by atoms with Gasteiger partial charge >= 0.3 is 18.0 Å². The number of benzene rings is 1. The fourth-order valence-corrected chi connectivity index (χ4v) is 11.8. The van der Waals surface area contributed by atoms with Crippen molar-refractivity contribution in [1.29, 1.82) is 0 Å². The van der Waals surface area contributed by atoms with Gasteiger partial charge in [-0.05, 0) is 87.2 Å². The van der Waals surface area contributed by atoms with Crippen LogP contribution in [0.1, 0.15) is 93.1 Å². The van der Waals surface area contributed by atoms with Crippen molar-refractivity contribution in [1.82, 2.24) is 35.9 Å². The molecule has 1 aliphatic carbocycles. The van der Waals surface area contributed by atoms with E-state index in [4.69, 9.17) is 78.8 Å². The molecule has 0 bridgehead atoms. The Morgan fingerprint density at radius 3 is 1.97 bits per heavy atom. The second kappa shape index (κ2) is 44.7. The molecule has 2 unspecified atom stereocenters. The molecule has 7 rings (SSSR count). The Morgan fingerprint density at radius 2 is 1.33 bits per heavy atom. The van der Waals surface area contributed by atoms with E-state index in [9.17, 15) is 79.6 Å². The van der Waals surface area contributed by atoms with Gasteiger partial charge in [0.15, 0.2) is 48.7 Å². The van der Waals surface area contributed by atoms with Crippen LogP contribution in [-0.4, -0.2) is 312 Å². The second-order valence-corrected chi connectivity index (χ2v) is 25.4. The quantitative estimate of drug-likeness (QED) is 0.0110. The van der Waals surface area contributed by atoms with E-state index < -0.39 is 154 Å². The standard InChI is InChI=1S/C65H100N12O29/c1-77(30-37-29-71-58-47(73-37)57(66)75-64(67)76-58)38-12-10-35(11-13-38)59(90)74-39(60(91)97-20-7-3-5-9-45(83)70-17-22-94-24-26-99-62-53(40(80)16-21-98-62)105-61-52(89)55(106-65(68)92)51(88)43(32-79)104-61)14-15-46(84)96-19-6-2-4-8-44(82)69-18-23-95-25-27-100-63-56(49(86)41(81)33-101-63)103-42-28-36(31-78)48(85)54(50(42)87)102-34-72-93/h10-13,29,36,39-43,48-56,61-63,78-81,85-89H,2-9,14-28,30-34H2,1H3,(H2,68,92)(H,69,82)(H,70,83)(H,74,90)(H4,66,67,71,75,76)/t36-,39-,40-,41-,42+,43+,48-,49+,50-,51+,52-,53-,54+,55-,56+,61+,62?,63?/m1/s1. The SMILES string of the molecule is CN(Cc1cnc2nc(N)nc(N)c2n1)c1ccc(C(=O)N[C@H](CCC(=O)OCCCCCC(=O)NCCOCCOC2OC[C@@H](O)[C@H](O)[C@@H]2O[C@H]2C[C@H](CO)[C@@H](O)[C@H](OCN=O)[C@@H]2O)C(=O)OCCCCCC(=O)NCCOCCOC2OCC[C@@H](O)[C@H]2O[C@@H]2O[C@@H](CO)[C@H](O)[C@@H](OC(N)=O)[C@H]2O)cc1. The fraction of sp³-hybridized carbons (Fsp3) is 0.723. The second-order valence-electron chi connectivity index (χ2n) is 25.4. The maximum Gasteiger partial charge on any atom is 0.404 e. The third-order valence-electron chi connectivity index (χ3n) is 17.6. The predicted octanol–water partition coefficient (Wildman–Crippen LogP) is -4.32. The van der Waals surface area contributed by atoms with E-state index in [2.05, 4.69) is 41.1 Å². The number of carbonyl (C=O) groups is 6. The number of carbonyl (C=O) groups excluding carboxylic acids is 6. The molecule has 3 aliphatic heterocycles. The van der Waals surface area contributed by atoms with E-state index in [-0.39, 0.29) is 165 Å². The molecule has 41 nitrogen and oxygen atoms in total. The van der Waals surface area contributed by atoms with Crippen molar-refractivity contribution in [2.24, 2.45) is 16.8 Å². The number of nitrogens with zero attached hydrogens (tertiary/aromatic N) is 6. The number of fused-ring (bicyclic) bond motifs is 1. The number of hydrogen-bond acceptors (Lipinski definition) is 37. The molecule has 4 aliphatic rings. The number of nitrogen functional groups attached to an aromatic ring is 2. The number of hydrogen-bond donors (Lipinski definition) is 15. The molecule has 18 N–H and O–H groups in total. The summed E-state index contributed by atoms with van der Waals surface area (Å²) in [4.78, 5) is 106. The highest BCUT2D eigenvalue weighted by molar-refractivity contribution is 5.97. The zero-order chi connectivity index (χ0) is 76.7. The van der Waals surface area contributed by atoms with Crippen molar-refractivity contribution >= 4 is 64.4 Å². The van der Waals surface area contributed by atoms with Crippen LogP contribution in [-0.2, 0) is 87.3 Å². The summed E-state index contributed by atoms with van der Waals surface area (Å²) in [5.41, 5.74) is 18.8. The monoisotopic (exact) mass is 1510 g/mol. The summed E-state index contributed by atoms with van der Waals surface area (Å²) in [7, 11) is 1.80. The number of nitrogens with one attached hydrogen (secondary N) is 3. The first-order chi connectivity index (χ1) is 51.0. The van der Waals surface area contributed by atoms with Gasteiger partial charge in [0.1, 0.15) is 61.0 Å². The highest BCUT2D eigenvalue weighted by Gasteiger charge is 2.51. The van der Waals surface area contributed by atoms with Gasteiger partial charge in [-0.1, -0.05) is 0 Å². The van der Waals surface area contributed by atoms with Crippen LogP contribution in [0, 0.1) is 10.8 Å². The number of amides is 4. The normalized spacial score (nSPS) is 27.0. The van der Waals surface area contributed by atoms with Gasteiger partial charge in [0.2, 0.25) is 17.8 Å². The number of aliphatic hydroxyl groups is 9. The van der Waals surface area contributed by atoms with Gasteiger partial charge in [-0.3, -0.25) is 19.2 Å². The van der Waals surface area contributed by atoms with E-state index in [0.717, 1.165) is 0 Å². The molecule has 41 heteroatoms. The highest BCUT2D eigenvalue weighted by atomic mass is 16.8. The van der Waals surface area contributed by atoms with Gasteiger partial charge in [-0.25, -0.2) is 19.6 Å². The average Bonchev–Trinajstić information content (AvgIpc) is 0.805. The number of rotatable bonds is 45. The first-order valence-electron chi connectivity index (χ1n) is 35.0. The lowest BCUT2D eigenvalue weighted by molar-refractivity contribution is -0.348. The summed E-state index contributed by atoms with van der Waals surface area (Å²) < 4.78 is 72.1. The van der Waals surface area contributed by atoms with Gasteiger partial charge < -0.3 is 146 Å². The first-order valence-corrected chi connectivity index (χ1v) is 35.0. The zero-order valence-electron chi connectivity index (χ0n) is 58.7. The number of unbranched alkanes of at least 4 members (excludes halogenated alkanes) is 4. The van der Waals surface area contributed by atoms with Crippen molar-refractivity contribution in [2.45, 2.75) is 188 Å². The van der Waals surface area contributed by atoms with Crippen molar-refractivity contribution in [3.05, 3.63) is 46.6 Å². The number of ether oxygens (including phenoxy) is 13. The van der Waals surface area contributed by atoms with Crippen LogP contribution in [0.3, 0.4) is 0 Å². The molecular weight excluding hydrogens is 1410 g/mol. The van der Waals surface area contributed by atoms with Crippen molar-refractivity contribution < 1.29 is 136 Å². The van der Waals surface area contributed by atoms with Crippen molar-refractivity contribution in [2.75, 3.05) is 123 Å². The summed E-state index contributed by atoms with van der Waals surface area (Å²) in [6, 6.07) is 5.24. The predicted molar refractivity (Wildman–Crippen MR) is 362 cm³/mol. The Balaban J connectivity index is 0.778. The minimum Gasteiger partial charge on any atom is -0.466 e. The van der Waals surface area contributed by atoms with Gasteiger partial charge in [0, 0.05) is 63.2 Å². The summed E-state index contributed by atoms with van der Waals surface area (Å²) in [6.45, 7) is -1.43. The van der Waals surface area contributed by atoms with E-state index in [1.165, 1.54) is 6.20 Å². The van der Waals surface area contributed by atoms with Crippen molar-refractivity contribution in [3.63, 3.8) is 0 Å². The number of aliphatic hydroxyl groups excluding tert-OH is 9. The highest BCUT2D eigenvalue weighted by Crippen LogP contribution is 2.34. The number of anilines is 3. The molecule has 106 heavy (non-hydrogen) atoms. The number of aromatic nitrogens is 4. The molecule has 0 spiro atoms. The number of primary amides is 1. The summed E-state index contributed by atoms with van der Waals surface area (Å²) in [5.74, 6) is -3.35. The average molecular weight is 1510 g/mol. The van der Waals surface area contributed by atoms with E-state index >= 15 is 0 Å². The summed E-state index contributed by atoms with van der Waals surface area (Å²) in [6.07, 6.45) is -19.5. The number of esters is 2. The van der Waals surface area contributed by atoms with Gasteiger partial charge in [0.25, 0.3) is 5.91 Å². The van der Waals surface area contributed by atoms with Crippen molar-refractivity contribution in [3.8, 4) is 0 Å². The lowest BCUT2D eigenvalue weighted by Crippen LogP contribution is -2.62. The molecule has 3 aromatic rings. The van der Waals surface area contributed by atoms with Gasteiger partial charge in [0.05, 0.1) is 109 Å². The Labute approximate surface area is 608 Å². The fourth-order valence-electron chi connectivity index (χ4n) is 11.8. The Bertz CT molecular complexity index is 3220. The lowest BCUT2D eigenvalue weighted by Gasteiger charge is -2.45. The third kappa shape index (κ3) is 26.7. The third-order valence-corrected chi connectivity index (χ3v) is 17.6. The Morgan fingerprint density at radius 1 is 0.670 bits per heavy atom. The molecule has 4 amide bonds. The number of nitroso groups, excluding NO2 is 1. The Kier molecular flexibility index (Phi) is 36.2. The molecule has 1 saturated carbocycles. The largest absolute Gasteiger partial charge is 0.466 e. The molecular formula is C65H100N12O29. The molecule has 594 valence electrons. The van der Waals surface area contributed by atoms with E-state index in [0.29, 0.717) is 49.9 Å². The number of nitrogens with two attached hydrogens (primary N) is 3. The van der Waals surface area contributed by atoms with E-state index in [1.54, 1.807) is 31.3 Å². The molecule has 1 aromatic carbocycles. The minimum absolute atomic E-state index is 0.0206. The maximum atomic E-state index is 13.7. The summed E-state index contributed by atoms with van der Waals surface area (Å²) >= 11 is 0. The van der Waals surface area contributed by atoms with E-state index in [1.807, 2.05) is 4.90 Å². The van der Waals surface area contributed by atoms with Crippen LogP contribution in [0.4, 0.5) is 22.2 Å². The molecule has 0 radical (unpaired) electrons. The van der Waals surface area contributed by atoms with Crippen LogP contribution in [0.5, 0.6) is 0 Å². The van der Waals surface area contributed by atoms with Crippen LogP contribution < -0.4 is 38.1 Å². The smallest absolute Gasteiger partial charge is 0.404 e. The van der Waals surface area contributed by atoms with Crippen LogP contribution in [0.2, 0.25) is 0 Å². The zero-order valence-corrected chi connectivity index (χ0v) is 58.7. The Hall–Kier alpha value is -7.50. The minimum atomic E-state index is -1.77. The maximum absolute atomic E-state index is 13.7. The molecule has 3 saturated heterocycles. The molecule has 5 heterocycles. The van der Waals surface area contributed by atoms with Crippen LogP contribution in [0.15, 0.2) is 35.6 Å². The topological polar surface area (TPSA) is 603 Å². The van der Waals surface area contributed by atoms with Crippen LogP contribution in [0.25, 0.3) is 11.2 Å². The summed E-state index contributed by atoms with van der Waals surface area (Å²) in [5, 5.41) is 105.